The van der Waals surface area contributed by atoms with Gasteiger partial charge in [-0.05, 0) is 44.4 Å². The molecule has 1 aromatic rings. The fourth-order valence-corrected chi connectivity index (χ4v) is 1.70. The standard InChI is InChI=1S/C13H19N/c1-9-7-10(2)13(11(3)8-9)6-5-12(4)14/h5-8,12H,14H2,1-4H3/b6-5+. The summed E-state index contributed by atoms with van der Waals surface area (Å²) < 4.78 is 0. The zero-order valence-corrected chi connectivity index (χ0v) is 9.46. The maximum Gasteiger partial charge on any atom is 0.0198 e. The van der Waals surface area contributed by atoms with Gasteiger partial charge in [-0.2, -0.15) is 0 Å². The van der Waals surface area contributed by atoms with Crippen LogP contribution in [0.3, 0.4) is 0 Å². The van der Waals surface area contributed by atoms with E-state index >= 15 is 0 Å². The lowest BCUT2D eigenvalue weighted by atomic mass is 9.99. The van der Waals surface area contributed by atoms with Crippen molar-refractivity contribution in [3.05, 3.63) is 40.5 Å². The number of hydrogen-bond acceptors (Lipinski definition) is 1. The fraction of sp³-hybridized carbons (Fsp3) is 0.385. The van der Waals surface area contributed by atoms with E-state index in [2.05, 4.69) is 39.0 Å². The van der Waals surface area contributed by atoms with Crippen LogP contribution in [0.2, 0.25) is 0 Å². The zero-order chi connectivity index (χ0) is 10.7. The van der Waals surface area contributed by atoms with Crippen LogP contribution in [-0.2, 0) is 0 Å². The Labute approximate surface area is 86.6 Å². The first-order valence-electron chi connectivity index (χ1n) is 5.02. The van der Waals surface area contributed by atoms with E-state index in [1.807, 2.05) is 13.0 Å². The average molecular weight is 189 g/mol. The number of rotatable bonds is 2. The molecule has 14 heavy (non-hydrogen) atoms. The molecule has 1 nitrogen and oxygen atoms in total. The van der Waals surface area contributed by atoms with Gasteiger partial charge in [-0.15, -0.1) is 0 Å². The maximum atomic E-state index is 5.68. The third-order valence-corrected chi connectivity index (χ3v) is 2.30. The van der Waals surface area contributed by atoms with E-state index in [4.69, 9.17) is 5.73 Å². The average Bonchev–Trinajstić information content (AvgIpc) is 2.01. The van der Waals surface area contributed by atoms with Crippen molar-refractivity contribution in [3.63, 3.8) is 0 Å². The molecule has 1 heteroatoms. The minimum atomic E-state index is 0.120. The number of nitrogens with two attached hydrogens (primary N) is 1. The predicted octanol–water partition coefficient (Wildman–Crippen LogP) is 2.97. The summed E-state index contributed by atoms with van der Waals surface area (Å²) in [6.07, 6.45) is 4.15. The van der Waals surface area contributed by atoms with E-state index in [0.717, 1.165) is 0 Å². The summed E-state index contributed by atoms with van der Waals surface area (Å²) in [5, 5.41) is 0. The molecule has 0 radical (unpaired) electrons. The van der Waals surface area contributed by atoms with Gasteiger partial charge in [-0.25, -0.2) is 0 Å². The molecule has 0 amide bonds. The first kappa shape index (κ1) is 11.0. The monoisotopic (exact) mass is 189 g/mol. The van der Waals surface area contributed by atoms with Crippen molar-refractivity contribution in [1.29, 1.82) is 0 Å². The van der Waals surface area contributed by atoms with E-state index in [0.29, 0.717) is 0 Å². The van der Waals surface area contributed by atoms with Gasteiger partial charge in [0.1, 0.15) is 0 Å². The van der Waals surface area contributed by atoms with E-state index in [-0.39, 0.29) is 6.04 Å². The molecule has 76 valence electrons. The molecule has 1 unspecified atom stereocenters. The smallest absolute Gasteiger partial charge is 0.0198 e. The Bertz CT molecular complexity index is 325. The first-order valence-corrected chi connectivity index (χ1v) is 5.02. The van der Waals surface area contributed by atoms with Gasteiger partial charge in [0.2, 0.25) is 0 Å². The Kier molecular flexibility index (Phi) is 3.48. The molecule has 0 heterocycles. The van der Waals surface area contributed by atoms with E-state index in [9.17, 15) is 0 Å². The van der Waals surface area contributed by atoms with Crippen LogP contribution >= 0.6 is 0 Å². The highest BCUT2D eigenvalue weighted by Gasteiger charge is 1.99. The normalized spacial score (nSPS) is 13.5. The van der Waals surface area contributed by atoms with Gasteiger partial charge in [-0.3, -0.25) is 0 Å². The summed E-state index contributed by atoms with van der Waals surface area (Å²) in [6.45, 7) is 8.39. The molecule has 0 bridgehead atoms. The van der Waals surface area contributed by atoms with Crippen molar-refractivity contribution >= 4 is 6.08 Å². The molecule has 0 aliphatic rings. The Morgan fingerprint density at radius 2 is 1.64 bits per heavy atom. The van der Waals surface area contributed by atoms with Crippen molar-refractivity contribution in [2.45, 2.75) is 33.7 Å². The van der Waals surface area contributed by atoms with Crippen molar-refractivity contribution in [3.8, 4) is 0 Å². The molecule has 0 spiro atoms. The predicted molar refractivity (Wildman–Crippen MR) is 63.3 cm³/mol. The largest absolute Gasteiger partial charge is 0.325 e. The summed E-state index contributed by atoms with van der Waals surface area (Å²) in [4.78, 5) is 0. The van der Waals surface area contributed by atoms with Crippen LogP contribution in [0.4, 0.5) is 0 Å². The summed E-state index contributed by atoms with van der Waals surface area (Å²) in [5.74, 6) is 0. The van der Waals surface area contributed by atoms with E-state index in [1.165, 1.54) is 22.3 Å². The minimum absolute atomic E-state index is 0.120. The van der Waals surface area contributed by atoms with Crippen LogP contribution in [0.1, 0.15) is 29.2 Å². The molecule has 0 saturated carbocycles. The highest BCUT2D eigenvalue weighted by atomic mass is 14.6. The van der Waals surface area contributed by atoms with Gasteiger partial charge < -0.3 is 5.73 Å². The Hall–Kier alpha value is -1.08. The van der Waals surface area contributed by atoms with Crippen LogP contribution < -0.4 is 5.73 Å². The fourth-order valence-electron chi connectivity index (χ4n) is 1.70. The summed E-state index contributed by atoms with van der Waals surface area (Å²) in [5.41, 5.74) is 10.9. The lowest BCUT2D eigenvalue weighted by Crippen LogP contribution is -2.10. The van der Waals surface area contributed by atoms with Gasteiger partial charge >= 0.3 is 0 Å². The van der Waals surface area contributed by atoms with Gasteiger partial charge in [-0.1, -0.05) is 29.8 Å². The second kappa shape index (κ2) is 4.43. The SMILES string of the molecule is Cc1cc(C)c(/C=C/C(C)N)c(C)c1. The Balaban J connectivity index is 3.09. The molecular weight excluding hydrogens is 170 g/mol. The van der Waals surface area contributed by atoms with Crippen LogP contribution in [-0.4, -0.2) is 6.04 Å². The molecular formula is C13H19N. The second-order valence-corrected chi connectivity index (χ2v) is 4.03. The molecule has 0 aliphatic carbocycles. The molecule has 1 rings (SSSR count). The van der Waals surface area contributed by atoms with Gasteiger partial charge in [0, 0.05) is 6.04 Å². The molecule has 2 N–H and O–H groups in total. The van der Waals surface area contributed by atoms with Crippen LogP contribution in [0, 0.1) is 20.8 Å². The molecule has 1 atom stereocenters. The highest BCUT2D eigenvalue weighted by molar-refractivity contribution is 5.58. The first-order chi connectivity index (χ1) is 6.50. The topological polar surface area (TPSA) is 26.0 Å². The van der Waals surface area contributed by atoms with Crippen molar-refractivity contribution in [1.82, 2.24) is 0 Å². The lowest BCUT2D eigenvalue weighted by Gasteiger charge is -2.07. The summed E-state index contributed by atoms with van der Waals surface area (Å²) >= 11 is 0. The Morgan fingerprint density at radius 3 is 2.07 bits per heavy atom. The van der Waals surface area contributed by atoms with Crippen molar-refractivity contribution < 1.29 is 0 Å². The van der Waals surface area contributed by atoms with Crippen LogP contribution in [0.15, 0.2) is 18.2 Å². The minimum Gasteiger partial charge on any atom is -0.325 e. The van der Waals surface area contributed by atoms with Crippen molar-refractivity contribution in [2.24, 2.45) is 5.73 Å². The molecule has 0 aliphatic heterocycles. The zero-order valence-electron chi connectivity index (χ0n) is 9.46. The number of benzene rings is 1. The van der Waals surface area contributed by atoms with E-state index in [1.54, 1.807) is 0 Å². The molecule has 0 saturated heterocycles. The quantitative estimate of drug-likeness (QED) is 0.760. The van der Waals surface area contributed by atoms with Crippen LogP contribution in [0.25, 0.3) is 6.08 Å². The van der Waals surface area contributed by atoms with Gasteiger partial charge in [0.05, 0.1) is 0 Å². The van der Waals surface area contributed by atoms with Gasteiger partial charge in [0.25, 0.3) is 0 Å². The molecule has 0 aromatic heterocycles. The number of hydrogen-bond donors (Lipinski definition) is 1. The van der Waals surface area contributed by atoms with Crippen molar-refractivity contribution in [2.75, 3.05) is 0 Å². The van der Waals surface area contributed by atoms with Gasteiger partial charge in [0.15, 0.2) is 0 Å². The maximum absolute atomic E-state index is 5.68. The second-order valence-electron chi connectivity index (χ2n) is 4.03. The third-order valence-electron chi connectivity index (χ3n) is 2.30. The summed E-state index contributed by atoms with van der Waals surface area (Å²) in [7, 11) is 0. The number of aryl methyl sites for hydroxylation is 3. The Morgan fingerprint density at radius 1 is 1.14 bits per heavy atom. The molecule has 0 fully saturated rings. The lowest BCUT2D eigenvalue weighted by molar-refractivity contribution is 0.930. The summed E-state index contributed by atoms with van der Waals surface area (Å²) in [6, 6.07) is 4.52. The van der Waals surface area contributed by atoms with E-state index < -0.39 is 0 Å². The highest BCUT2D eigenvalue weighted by Crippen LogP contribution is 2.17. The van der Waals surface area contributed by atoms with Crippen LogP contribution in [0.5, 0.6) is 0 Å². The molecule has 1 aromatic carbocycles. The third kappa shape index (κ3) is 2.71.